The zero-order chi connectivity index (χ0) is 12.5. The third kappa shape index (κ3) is 5.91. The molecule has 0 spiro atoms. The molecule has 1 aromatic rings. The van der Waals surface area contributed by atoms with Crippen molar-refractivity contribution in [2.75, 3.05) is 0 Å². The summed E-state index contributed by atoms with van der Waals surface area (Å²) in [7, 11) is 0. The van der Waals surface area contributed by atoms with Crippen LogP contribution in [-0.2, 0) is 4.79 Å². The fourth-order valence-electron chi connectivity index (χ4n) is 1.63. The molecule has 92 valence electrons. The van der Waals surface area contributed by atoms with Gasteiger partial charge in [-0.2, -0.15) is 0 Å². The SMILES string of the molecule is CCCCCCC(=O)/C=C\c1cccc(O)c1. The number of phenols is 1. The van der Waals surface area contributed by atoms with Gasteiger partial charge in [-0.15, -0.1) is 0 Å². The van der Waals surface area contributed by atoms with Crippen LogP contribution < -0.4 is 0 Å². The van der Waals surface area contributed by atoms with Crippen LogP contribution in [0.3, 0.4) is 0 Å². The van der Waals surface area contributed by atoms with Gasteiger partial charge in [0.1, 0.15) is 5.75 Å². The number of hydrogen-bond donors (Lipinski definition) is 1. The highest BCUT2D eigenvalue weighted by Gasteiger charge is 1.97. The van der Waals surface area contributed by atoms with Crippen LogP contribution in [0.1, 0.15) is 44.6 Å². The predicted octanol–water partition coefficient (Wildman–Crippen LogP) is 3.94. The van der Waals surface area contributed by atoms with Crippen molar-refractivity contribution in [3.63, 3.8) is 0 Å². The molecule has 1 aromatic carbocycles. The molecule has 0 aromatic heterocycles. The van der Waals surface area contributed by atoms with Crippen molar-refractivity contribution in [1.82, 2.24) is 0 Å². The minimum Gasteiger partial charge on any atom is -0.508 e. The van der Waals surface area contributed by atoms with Crippen molar-refractivity contribution in [2.24, 2.45) is 0 Å². The topological polar surface area (TPSA) is 37.3 Å². The van der Waals surface area contributed by atoms with Crippen molar-refractivity contribution in [3.05, 3.63) is 35.9 Å². The first-order chi connectivity index (χ1) is 8.22. The molecule has 0 bridgehead atoms. The number of carbonyl (C=O) groups is 1. The molecule has 0 amide bonds. The molecule has 0 saturated heterocycles. The van der Waals surface area contributed by atoms with Crippen LogP contribution in [0.2, 0.25) is 0 Å². The minimum atomic E-state index is 0.157. The molecule has 17 heavy (non-hydrogen) atoms. The maximum Gasteiger partial charge on any atom is 0.155 e. The number of ketones is 1. The van der Waals surface area contributed by atoms with Gasteiger partial charge in [-0.05, 0) is 30.2 Å². The van der Waals surface area contributed by atoms with Crippen LogP contribution in [0.4, 0.5) is 0 Å². The lowest BCUT2D eigenvalue weighted by Gasteiger charge is -1.97. The molecule has 0 aliphatic carbocycles. The van der Waals surface area contributed by atoms with E-state index in [0.29, 0.717) is 6.42 Å². The Bertz CT molecular complexity index is 380. The first kappa shape index (κ1) is 13.5. The van der Waals surface area contributed by atoms with Gasteiger partial charge >= 0.3 is 0 Å². The monoisotopic (exact) mass is 232 g/mol. The number of benzene rings is 1. The molecular weight excluding hydrogens is 212 g/mol. The largest absolute Gasteiger partial charge is 0.508 e. The number of hydrogen-bond acceptors (Lipinski definition) is 2. The van der Waals surface area contributed by atoms with E-state index >= 15 is 0 Å². The smallest absolute Gasteiger partial charge is 0.155 e. The second kappa shape index (κ2) is 7.66. The second-order valence-electron chi connectivity index (χ2n) is 4.21. The number of aromatic hydroxyl groups is 1. The van der Waals surface area contributed by atoms with Crippen molar-refractivity contribution < 1.29 is 9.90 Å². The van der Waals surface area contributed by atoms with Gasteiger partial charge in [0.15, 0.2) is 5.78 Å². The van der Waals surface area contributed by atoms with Crippen molar-refractivity contribution >= 4 is 11.9 Å². The molecule has 0 heterocycles. The molecular formula is C15H20O2. The average molecular weight is 232 g/mol. The standard InChI is InChI=1S/C15H20O2/c1-2-3-4-5-8-14(16)11-10-13-7-6-9-15(17)12-13/h6-7,9-12,17H,2-5,8H2,1H3/b11-10-. The molecule has 0 aliphatic rings. The van der Waals surface area contributed by atoms with Crippen LogP contribution in [0.25, 0.3) is 6.08 Å². The van der Waals surface area contributed by atoms with Crippen LogP contribution in [-0.4, -0.2) is 10.9 Å². The summed E-state index contributed by atoms with van der Waals surface area (Å²) < 4.78 is 0. The fourth-order valence-corrected chi connectivity index (χ4v) is 1.63. The molecule has 0 atom stereocenters. The Labute approximate surface area is 103 Å². The lowest BCUT2D eigenvalue weighted by molar-refractivity contribution is -0.114. The summed E-state index contributed by atoms with van der Waals surface area (Å²) in [5.41, 5.74) is 0.854. The van der Waals surface area contributed by atoms with Crippen molar-refractivity contribution in [2.45, 2.75) is 39.0 Å². The van der Waals surface area contributed by atoms with Crippen molar-refractivity contribution in [1.29, 1.82) is 0 Å². The summed E-state index contributed by atoms with van der Waals surface area (Å²) in [5, 5.41) is 9.26. The van der Waals surface area contributed by atoms with Crippen LogP contribution >= 0.6 is 0 Å². The van der Waals surface area contributed by atoms with E-state index < -0.39 is 0 Å². The number of allylic oxidation sites excluding steroid dienone is 1. The number of rotatable bonds is 7. The highest BCUT2D eigenvalue weighted by Crippen LogP contribution is 2.12. The van der Waals surface area contributed by atoms with E-state index in [0.717, 1.165) is 18.4 Å². The van der Waals surface area contributed by atoms with Gasteiger partial charge in [-0.3, -0.25) is 4.79 Å². The van der Waals surface area contributed by atoms with Gasteiger partial charge in [0.25, 0.3) is 0 Å². The highest BCUT2D eigenvalue weighted by molar-refractivity contribution is 5.93. The molecule has 2 heteroatoms. The lowest BCUT2D eigenvalue weighted by atomic mass is 10.1. The van der Waals surface area contributed by atoms with E-state index in [9.17, 15) is 9.90 Å². The van der Waals surface area contributed by atoms with Gasteiger partial charge in [-0.1, -0.05) is 44.4 Å². The van der Waals surface area contributed by atoms with E-state index in [1.54, 1.807) is 30.4 Å². The highest BCUT2D eigenvalue weighted by atomic mass is 16.3. The minimum absolute atomic E-state index is 0.157. The Balaban J connectivity index is 2.35. The lowest BCUT2D eigenvalue weighted by Crippen LogP contribution is -1.92. The van der Waals surface area contributed by atoms with Crippen LogP contribution in [0, 0.1) is 0 Å². The third-order valence-electron chi connectivity index (χ3n) is 2.61. The summed E-state index contributed by atoms with van der Waals surface area (Å²) in [6, 6.07) is 6.88. The molecule has 0 saturated carbocycles. The maximum absolute atomic E-state index is 11.5. The first-order valence-corrected chi connectivity index (χ1v) is 6.22. The quantitative estimate of drug-likeness (QED) is 0.571. The van der Waals surface area contributed by atoms with E-state index in [2.05, 4.69) is 6.92 Å². The second-order valence-corrected chi connectivity index (χ2v) is 4.21. The van der Waals surface area contributed by atoms with Gasteiger partial charge in [0, 0.05) is 6.42 Å². The number of unbranched alkanes of at least 4 members (excludes halogenated alkanes) is 3. The number of carbonyl (C=O) groups excluding carboxylic acids is 1. The molecule has 0 unspecified atom stereocenters. The zero-order valence-electron chi connectivity index (χ0n) is 10.4. The van der Waals surface area contributed by atoms with E-state index in [-0.39, 0.29) is 11.5 Å². The summed E-state index contributed by atoms with van der Waals surface area (Å²) in [4.78, 5) is 11.5. The van der Waals surface area contributed by atoms with Crippen molar-refractivity contribution in [3.8, 4) is 5.75 Å². The fraction of sp³-hybridized carbons (Fsp3) is 0.400. The maximum atomic E-state index is 11.5. The Morgan fingerprint density at radius 3 is 2.82 bits per heavy atom. The summed E-state index contributed by atoms with van der Waals surface area (Å²) in [5.74, 6) is 0.381. The molecule has 0 fully saturated rings. The first-order valence-electron chi connectivity index (χ1n) is 6.22. The van der Waals surface area contributed by atoms with Gasteiger partial charge in [0.2, 0.25) is 0 Å². The molecule has 0 radical (unpaired) electrons. The Kier molecular flexibility index (Phi) is 6.08. The Morgan fingerprint density at radius 1 is 1.29 bits per heavy atom. The molecule has 0 aliphatic heterocycles. The third-order valence-corrected chi connectivity index (χ3v) is 2.61. The van der Waals surface area contributed by atoms with Crippen LogP contribution in [0.15, 0.2) is 30.3 Å². The predicted molar refractivity (Wildman–Crippen MR) is 70.9 cm³/mol. The summed E-state index contributed by atoms with van der Waals surface area (Å²) >= 11 is 0. The van der Waals surface area contributed by atoms with Gasteiger partial charge < -0.3 is 5.11 Å². The zero-order valence-corrected chi connectivity index (χ0v) is 10.4. The molecule has 1 N–H and O–H groups in total. The number of phenolic OH excluding ortho intramolecular Hbond substituents is 1. The summed E-state index contributed by atoms with van der Waals surface area (Å²) in [6.45, 7) is 2.16. The average Bonchev–Trinajstić information content (AvgIpc) is 2.32. The molecule has 1 rings (SSSR count). The van der Waals surface area contributed by atoms with Gasteiger partial charge in [0.05, 0.1) is 0 Å². The normalized spacial score (nSPS) is 10.9. The molecule has 2 nitrogen and oxygen atoms in total. The summed E-state index contributed by atoms with van der Waals surface area (Å²) in [6.07, 6.45) is 8.45. The van der Waals surface area contributed by atoms with E-state index in [1.165, 1.54) is 12.8 Å². The van der Waals surface area contributed by atoms with Gasteiger partial charge in [-0.25, -0.2) is 0 Å². The van der Waals surface area contributed by atoms with E-state index in [4.69, 9.17) is 0 Å². The van der Waals surface area contributed by atoms with E-state index in [1.807, 2.05) is 6.07 Å². The van der Waals surface area contributed by atoms with Crippen LogP contribution in [0.5, 0.6) is 5.75 Å². The Morgan fingerprint density at radius 2 is 2.12 bits per heavy atom. The Hall–Kier alpha value is -1.57.